The average molecular weight is 491 g/mol. The quantitative estimate of drug-likeness (QED) is 0.134. The van der Waals surface area contributed by atoms with Gasteiger partial charge in [0.05, 0.1) is 18.5 Å². The third kappa shape index (κ3) is 9.06. The van der Waals surface area contributed by atoms with E-state index in [9.17, 15) is 24.3 Å². The van der Waals surface area contributed by atoms with Gasteiger partial charge in [0.15, 0.2) is 6.04 Å². The number of hydrogen-bond donors (Lipinski definition) is 8. The van der Waals surface area contributed by atoms with E-state index in [1.165, 1.54) is 25.0 Å². The number of nitrogens with one attached hydrogen (secondary N) is 4. The smallest absolute Gasteiger partial charge is 0.328 e. The predicted octanol–water partition coefficient (Wildman–Crippen LogP) is -2.12. The number of carboxylic acid groups (broad SMARTS) is 1. The summed E-state index contributed by atoms with van der Waals surface area (Å²) in [4.78, 5) is 55.6. The molecule has 1 aromatic heterocycles. The van der Waals surface area contributed by atoms with Gasteiger partial charge >= 0.3 is 5.97 Å². The Kier molecular flexibility index (Phi) is 12.1. The highest BCUT2D eigenvalue weighted by atomic mass is 32.2. The van der Waals surface area contributed by atoms with Gasteiger partial charge in [0, 0.05) is 24.1 Å². The minimum atomic E-state index is -1.55. The lowest BCUT2D eigenvalue weighted by Crippen LogP contribution is -2.59. The second kappa shape index (κ2) is 14.0. The van der Waals surface area contributed by atoms with Gasteiger partial charge < -0.3 is 36.9 Å². The van der Waals surface area contributed by atoms with Gasteiger partial charge in [0.2, 0.25) is 17.7 Å². The first kappa shape index (κ1) is 27.7. The van der Waals surface area contributed by atoms with Crippen LogP contribution in [0.1, 0.15) is 19.0 Å². The van der Waals surface area contributed by atoms with Gasteiger partial charge in [0.1, 0.15) is 12.1 Å². The Morgan fingerprint density at radius 2 is 1.81 bits per heavy atom. The molecule has 0 fully saturated rings. The van der Waals surface area contributed by atoms with Crippen LogP contribution in [0.3, 0.4) is 0 Å². The number of aromatic nitrogens is 2. The molecule has 5 unspecified atom stereocenters. The maximum absolute atomic E-state index is 12.8. The van der Waals surface area contributed by atoms with E-state index in [1.54, 1.807) is 6.20 Å². The maximum Gasteiger partial charge on any atom is 0.328 e. The number of nitrogens with zero attached hydrogens (tertiary/aromatic N) is 1. The molecule has 0 saturated heterocycles. The van der Waals surface area contributed by atoms with E-state index >= 15 is 0 Å². The monoisotopic (exact) mass is 490 g/mol. The topological polar surface area (TPSA) is 200 Å². The number of rotatable bonds is 14. The maximum atomic E-state index is 12.8. The molecule has 0 aliphatic carbocycles. The van der Waals surface area contributed by atoms with Crippen LogP contribution in [-0.2, 0) is 25.6 Å². The minimum Gasteiger partial charge on any atom is -0.480 e. The predicted molar refractivity (Wildman–Crippen MR) is 122 cm³/mol. The molecule has 0 aliphatic heterocycles. The third-order valence-electron chi connectivity index (χ3n) is 4.44. The van der Waals surface area contributed by atoms with Crippen LogP contribution in [0.15, 0.2) is 12.5 Å². The van der Waals surface area contributed by atoms with Gasteiger partial charge in [-0.3, -0.25) is 14.4 Å². The van der Waals surface area contributed by atoms with Crippen LogP contribution in [0.25, 0.3) is 0 Å². The first-order valence-electron chi connectivity index (χ1n) is 9.75. The Bertz CT molecular complexity index is 763. The van der Waals surface area contributed by atoms with E-state index in [2.05, 4.69) is 38.5 Å². The molecule has 0 radical (unpaired) electrons. The highest BCUT2D eigenvalue weighted by Gasteiger charge is 2.31. The third-order valence-corrected chi connectivity index (χ3v) is 5.45. The Morgan fingerprint density at radius 1 is 1.19 bits per heavy atom. The molecule has 5 atom stereocenters. The molecule has 0 aliphatic rings. The number of amides is 3. The van der Waals surface area contributed by atoms with E-state index in [0.717, 1.165) is 0 Å². The molecule has 8 N–H and O–H groups in total. The number of aliphatic carboxylic acids is 1. The van der Waals surface area contributed by atoms with Crippen molar-refractivity contribution in [3.8, 4) is 0 Å². The molecule has 0 aromatic carbocycles. The second-order valence-corrected chi connectivity index (χ2v) is 8.39. The fourth-order valence-corrected chi connectivity index (χ4v) is 3.35. The van der Waals surface area contributed by atoms with Crippen molar-refractivity contribution < 1.29 is 29.4 Å². The van der Waals surface area contributed by atoms with Gasteiger partial charge in [-0.25, -0.2) is 9.78 Å². The van der Waals surface area contributed by atoms with Crippen LogP contribution < -0.4 is 21.7 Å². The van der Waals surface area contributed by atoms with Crippen molar-refractivity contribution in [1.29, 1.82) is 0 Å². The Labute approximate surface area is 195 Å². The van der Waals surface area contributed by atoms with Crippen LogP contribution in [0.4, 0.5) is 0 Å². The normalized spacial score (nSPS) is 15.7. The fourth-order valence-electron chi connectivity index (χ4n) is 2.62. The summed E-state index contributed by atoms with van der Waals surface area (Å²) < 4.78 is 0. The number of hydrogen-bond acceptors (Lipinski definition) is 9. The van der Waals surface area contributed by atoms with Crippen molar-refractivity contribution in [2.45, 2.75) is 50.0 Å². The lowest BCUT2D eigenvalue weighted by Gasteiger charge is -2.25. The lowest BCUT2D eigenvalue weighted by molar-refractivity contribution is -0.145. The molecule has 32 heavy (non-hydrogen) atoms. The van der Waals surface area contributed by atoms with Crippen molar-refractivity contribution in [2.24, 2.45) is 5.73 Å². The largest absolute Gasteiger partial charge is 0.480 e. The zero-order chi connectivity index (χ0) is 24.3. The van der Waals surface area contributed by atoms with Crippen LogP contribution in [0.5, 0.6) is 0 Å². The first-order valence-corrected chi connectivity index (χ1v) is 11.8. The SMILES string of the molecule is CSCCC(NC(=O)C(N)Cc1cnc[nH]1)C(=O)NC(CS)C(=O)NC(C(=O)O)C(C)O. The average Bonchev–Trinajstić information content (AvgIpc) is 3.24. The number of thiol groups is 1. The standard InChI is InChI=1S/C18H30N6O6S2/c1-9(25)14(18(29)30)24-17(28)13(7-31)23-16(27)12(3-4-32-2)22-15(26)11(19)5-10-6-20-8-21-10/h6,8-9,11-14,25,31H,3-5,7,19H2,1-2H3,(H,20,21)(H,22,26)(H,23,27)(H,24,28)(H,29,30). The van der Waals surface area contributed by atoms with Gasteiger partial charge in [-0.05, 0) is 25.4 Å². The number of imidazole rings is 1. The van der Waals surface area contributed by atoms with Crippen molar-refractivity contribution in [2.75, 3.05) is 17.8 Å². The van der Waals surface area contributed by atoms with E-state index in [-0.39, 0.29) is 18.6 Å². The van der Waals surface area contributed by atoms with E-state index < -0.39 is 54.0 Å². The Morgan fingerprint density at radius 3 is 2.31 bits per heavy atom. The summed E-state index contributed by atoms with van der Waals surface area (Å²) in [7, 11) is 0. The number of carbonyl (C=O) groups is 4. The van der Waals surface area contributed by atoms with Crippen molar-refractivity contribution >= 4 is 48.1 Å². The number of nitrogens with two attached hydrogens (primary N) is 1. The van der Waals surface area contributed by atoms with E-state index in [1.807, 2.05) is 6.26 Å². The molecular formula is C18H30N6O6S2. The molecule has 3 amide bonds. The molecule has 0 saturated carbocycles. The zero-order valence-corrected chi connectivity index (χ0v) is 19.5. The minimum absolute atomic E-state index is 0.133. The Hall–Kier alpha value is -2.29. The number of aromatic amines is 1. The fraction of sp³-hybridized carbons (Fsp3) is 0.611. The number of aliphatic hydroxyl groups excluding tert-OH is 1. The van der Waals surface area contributed by atoms with Crippen LogP contribution in [0.2, 0.25) is 0 Å². The summed E-state index contributed by atoms with van der Waals surface area (Å²) in [6, 6.07) is -4.62. The molecule has 180 valence electrons. The highest BCUT2D eigenvalue weighted by Crippen LogP contribution is 2.05. The van der Waals surface area contributed by atoms with Gasteiger partial charge in [-0.15, -0.1) is 0 Å². The molecule has 14 heteroatoms. The van der Waals surface area contributed by atoms with E-state index in [4.69, 9.17) is 10.8 Å². The number of H-pyrrole nitrogens is 1. The summed E-state index contributed by atoms with van der Waals surface area (Å²) in [5, 5.41) is 25.9. The van der Waals surface area contributed by atoms with Gasteiger partial charge in [0.25, 0.3) is 0 Å². The molecule has 1 rings (SSSR count). The molecular weight excluding hydrogens is 460 g/mol. The number of thioether (sulfide) groups is 1. The zero-order valence-electron chi connectivity index (χ0n) is 17.8. The molecule has 0 spiro atoms. The molecule has 1 heterocycles. The summed E-state index contributed by atoms with van der Waals surface area (Å²) in [6.45, 7) is 1.22. The van der Waals surface area contributed by atoms with Crippen LogP contribution in [0, 0.1) is 0 Å². The van der Waals surface area contributed by atoms with Gasteiger partial charge in [-0.1, -0.05) is 0 Å². The van der Waals surface area contributed by atoms with Crippen molar-refractivity contribution in [3.63, 3.8) is 0 Å². The summed E-state index contributed by atoms with van der Waals surface area (Å²) in [5.74, 6) is -3.02. The first-order chi connectivity index (χ1) is 15.1. The molecule has 12 nitrogen and oxygen atoms in total. The number of carboxylic acids is 1. The lowest BCUT2D eigenvalue weighted by atomic mass is 10.1. The summed E-state index contributed by atoms with van der Waals surface area (Å²) in [5.41, 5.74) is 6.58. The Balaban J connectivity index is 2.80. The van der Waals surface area contributed by atoms with Crippen molar-refractivity contribution in [1.82, 2.24) is 25.9 Å². The number of carbonyl (C=O) groups excluding carboxylic acids is 3. The number of aliphatic hydroxyl groups is 1. The van der Waals surface area contributed by atoms with Gasteiger partial charge in [-0.2, -0.15) is 24.4 Å². The van der Waals surface area contributed by atoms with Crippen molar-refractivity contribution in [3.05, 3.63) is 18.2 Å². The van der Waals surface area contributed by atoms with E-state index in [0.29, 0.717) is 11.4 Å². The highest BCUT2D eigenvalue weighted by molar-refractivity contribution is 7.98. The molecule has 1 aromatic rings. The summed E-state index contributed by atoms with van der Waals surface area (Å²) in [6.07, 6.45) is 3.97. The second-order valence-electron chi connectivity index (χ2n) is 7.04. The summed E-state index contributed by atoms with van der Waals surface area (Å²) >= 11 is 5.51. The van der Waals surface area contributed by atoms with Crippen LogP contribution >= 0.6 is 24.4 Å². The van der Waals surface area contributed by atoms with Crippen LogP contribution in [-0.4, -0.2) is 91.9 Å². The molecule has 0 bridgehead atoms.